The highest BCUT2D eigenvalue weighted by Crippen LogP contribution is 2.22. The normalized spacial score (nSPS) is 9.62. The van der Waals surface area contributed by atoms with Gasteiger partial charge < -0.3 is 0 Å². The van der Waals surface area contributed by atoms with Gasteiger partial charge in [0.05, 0.1) is 6.07 Å². The molecule has 1 rings (SSSR count). The predicted molar refractivity (Wildman–Crippen MR) is 54.9 cm³/mol. The first-order valence-electron chi connectivity index (χ1n) is 3.98. The van der Waals surface area contributed by atoms with Crippen LogP contribution in [0.4, 0.5) is 0 Å². The number of hydrogen-bond acceptors (Lipinski definition) is 1. The Bertz CT molecular complexity index is 328. The van der Waals surface area contributed by atoms with Gasteiger partial charge in [-0.05, 0) is 23.6 Å². The second-order valence-electron chi connectivity index (χ2n) is 2.67. The third-order valence-corrected chi connectivity index (χ3v) is 2.49. The molecule has 0 fully saturated rings. The summed E-state index contributed by atoms with van der Waals surface area (Å²) in [6.07, 6.45) is 1.16. The van der Waals surface area contributed by atoms with Gasteiger partial charge in [0.25, 0.3) is 0 Å². The van der Waals surface area contributed by atoms with Gasteiger partial charge in [-0.15, -0.1) is 11.6 Å². The van der Waals surface area contributed by atoms with Gasteiger partial charge in [0.2, 0.25) is 0 Å². The fraction of sp³-hybridized carbons (Fsp3) is 0.300. The standard InChI is InChI=1S/C10H9Cl2N/c11-7-8-3-1-5-10(12)9(8)4-2-6-13/h1,3,5H,2,4,7H2. The van der Waals surface area contributed by atoms with Gasteiger partial charge in [-0.25, -0.2) is 0 Å². The fourth-order valence-corrected chi connectivity index (χ4v) is 1.73. The largest absolute Gasteiger partial charge is 0.198 e. The van der Waals surface area contributed by atoms with E-state index < -0.39 is 0 Å². The number of alkyl halides is 1. The second-order valence-corrected chi connectivity index (χ2v) is 3.34. The molecule has 1 aromatic rings. The van der Waals surface area contributed by atoms with E-state index in [2.05, 4.69) is 6.07 Å². The fourth-order valence-electron chi connectivity index (χ4n) is 1.19. The molecule has 0 amide bonds. The van der Waals surface area contributed by atoms with Crippen LogP contribution in [0.1, 0.15) is 17.5 Å². The highest BCUT2D eigenvalue weighted by molar-refractivity contribution is 6.31. The zero-order chi connectivity index (χ0) is 9.68. The third kappa shape index (κ3) is 2.62. The summed E-state index contributed by atoms with van der Waals surface area (Å²) in [4.78, 5) is 0. The second kappa shape index (κ2) is 5.11. The summed E-state index contributed by atoms with van der Waals surface area (Å²) in [7, 11) is 0. The number of nitriles is 1. The Kier molecular flexibility index (Phi) is 4.08. The first kappa shape index (κ1) is 10.4. The van der Waals surface area contributed by atoms with E-state index >= 15 is 0 Å². The molecular formula is C10H9Cl2N. The molecule has 0 aromatic heterocycles. The molecule has 0 aliphatic carbocycles. The first-order valence-corrected chi connectivity index (χ1v) is 4.90. The van der Waals surface area contributed by atoms with Gasteiger partial charge in [0.15, 0.2) is 0 Å². The Balaban J connectivity index is 2.95. The Morgan fingerprint density at radius 3 is 2.77 bits per heavy atom. The van der Waals surface area contributed by atoms with Crippen molar-refractivity contribution >= 4 is 23.2 Å². The molecule has 0 N–H and O–H groups in total. The molecule has 0 radical (unpaired) electrons. The molecule has 13 heavy (non-hydrogen) atoms. The van der Waals surface area contributed by atoms with Gasteiger partial charge in [-0.1, -0.05) is 23.7 Å². The van der Waals surface area contributed by atoms with Crippen molar-refractivity contribution in [1.29, 1.82) is 5.26 Å². The lowest BCUT2D eigenvalue weighted by molar-refractivity contribution is 0.993. The zero-order valence-electron chi connectivity index (χ0n) is 7.06. The van der Waals surface area contributed by atoms with Crippen molar-refractivity contribution < 1.29 is 0 Å². The van der Waals surface area contributed by atoms with Crippen LogP contribution in [0.25, 0.3) is 0 Å². The quantitative estimate of drug-likeness (QED) is 0.706. The van der Waals surface area contributed by atoms with Crippen LogP contribution in [0.2, 0.25) is 5.02 Å². The summed E-state index contributed by atoms with van der Waals surface area (Å²) in [6.45, 7) is 0. The summed E-state index contributed by atoms with van der Waals surface area (Å²) in [5.74, 6) is 0.446. The minimum absolute atomic E-state index is 0.446. The molecule has 0 bridgehead atoms. The molecule has 0 heterocycles. The van der Waals surface area contributed by atoms with Crippen molar-refractivity contribution in [3.05, 3.63) is 34.3 Å². The number of halogens is 2. The van der Waals surface area contributed by atoms with Crippen LogP contribution in [0, 0.1) is 11.3 Å². The molecule has 0 atom stereocenters. The number of rotatable bonds is 3. The smallest absolute Gasteiger partial charge is 0.0625 e. The van der Waals surface area contributed by atoms with Crippen molar-refractivity contribution in [3.8, 4) is 6.07 Å². The molecule has 0 unspecified atom stereocenters. The number of hydrogen-bond donors (Lipinski definition) is 0. The maximum Gasteiger partial charge on any atom is 0.0625 e. The van der Waals surface area contributed by atoms with Crippen molar-refractivity contribution in [3.63, 3.8) is 0 Å². The third-order valence-electron chi connectivity index (χ3n) is 1.85. The summed E-state index contributed by atoms with van der Waals surface area (Å²) >= 11 is 11.7. The average Bonchev–Trinajstić information content (AvgIpc) is 2.15. The van der Waals surface area contributed by atoms with Crippen LogP contribution in [-0.2, 0) is 12.3 Å². The Morgan fingerprint density at radius 2 is 2.15 bits per heavy atom. The van der Waals surface area contributed by atoms with Gasteiger partial charge >= 0.3 is 0 Å². The maximum atomic E-state index is 8.46. The maximum absolute atomic E-state index is 8.46. The van der Waals surface area contributed by atoms with Gasteiger partial charge in [0, 0.05) is 17.3 Å². The molecule has 0 saturated heterocycles. The molecule has 0 aliphatic heterocycles. The van der Waals surface area contributed by atoms with E-state index in [-0.39, 0.29) is 0 Å². The van der Waals surface area contributed by atoms with Crippen LogP contribution in [0.5, 0.6) is 0 Å². The Morgan fingerprint density at radius 1 is 1.38 bits per heavy atom. The summed E-state index contributed by atoms with van der Waals surface area (Å²) in [5, 5.41) is 9.16. The number of nitrogens with zero attached hydrogens (tertiary/aromatic N) is 1. The molecule has 1 nitrogen and oxygen atoms in total. The van der Waals surface area contributed by atoms with E-state index in [1.54, 1.807) is 0 Å². The highest BCUT2D eigenvalue weighted by Gasteiger charge is 2.04. The van der Waals surface area contributed by atoms with E-state index in [1.807, 2.05) is 18.2 Å². The summed E-state index contributed by atoms with van der Waals surface area (Å²) in [6, 6.07) is 7.72. The lowest BCUT2D eigenvalue weighted by Crippen LogP contribution is -1.92. The SMILES string of the molecule is N#CCCc1c(Cl)cccc1CCl. The van der Waals surface area contributed by atoms with E-state index in [0.29, 0.717) is 23.7 Å². The van der Waals surface area contributed by atoms with Gasteiger partial charge in [0.1, 0.15) is 0 Å². The molecule has 0 aliphatic rings. The molecule has 3 heteroatoms. The predicted octanol–water partition coefficient (Wildman–Crippen LogP) is 3.53. The van der Waals surface area contributed by atoms with Crippen LogP contribution in [-0.4, -0.2) is 0 Å². The van der Waals surface area contributed by atoms with Crippen molar-refractivity contribution in [2.75, 3.05) is 0 Å². The Labute approximate surface area is 87.9 Å². The monoisotopic (exact) mass is 213 g/mol. The van der Waals surface area contributed by atoms with Crippen LogP contribution < -0.4 is 0 Å². The van der Waals surface area contributed by atoms with Gasteiger partial charge in [-0.3, -0.25) is 0 Å². The summed E-state index contributed by atoms with van der Waals surface area (Å²) < 4.78 is 0. The number of benzene rings is 1. The minimum atomic E-state index is 0.446. The highest BCUT2D eigenvalue weighted by atomic mass is 35.5. The topological polar surface area (TPSA) is 23.8 Å². The lowest BCUT2D eigenvalue weighted by Gasteiger charge is -2.06. The summed E-state index contributed by atoms with van der Waals surface area (Å²) in [5.41, 5.74) is 2.02. The van der Waals surface area contributed by atoms with E-state index in [0.717, 1.165) is 11.1 Å². The Hall–Kier alpha value is -0.710. The lowest BCUT2D eigenvalue weighted by atomic mass is 10.0. The van der Waals surface area contributed by atoms with Crippen LogP contribution >= 0.6 is 23.2 Å². The van der Waals surface area contributed by atoms with Gasteiger partial charge in [-0.2, -0.15) is 5.26 Å². The van der Waals surface area contributed by atoms with Crippen molar-refractivity contribution in [2.45, 2.75) is 18.7 Å². The van der Waals surface area contributed by atoms with Crippen molar-refractivity contribution in [2.24, 2.45) is 0 Å². The van der Waals surface area contributed by atoms with Crippen LogP contribution in [0.15, 0.2) is 18.2 Å². The van der Waals surface area contributed by atoms with E-state index in [1.165, 1.54) is 0 Å². The minimum Gasteiger partial charge on any atom is -0.198 e. The molecule has 0 saturated carbocycles. The molecule has 68 valence electrons. The molecule has 0 spiro atoms. The van der Waals surface area contributed by atoms with E-state index in [4.69, 9.17) is 28.5 Å². The van der Waals surface area contributed by atoms with E-state index in [9.17, 15) is 0 Å². The molecular weight excluding hydrogens is 205 g/mol. The average molecular weight is 214 g/mol. The molecule has 1 aromatic carbocycles. The first-order chi connectivity index (χ1) is 6.29. The van der Waals surface area contributed by atoms with Crippen LogP contribution in [0.3, 0.4) is 0 Å². The zero-order valence-corrected chi connectivity index (χ0v) is 8.57. The van der Waals surface area contributed by atoms with Crippen molar-refractivity contribution in [1.82, 2.24) is 0 Å².